The molecule has 10 nitrogen and oxygen atoms in total. The zero-order valence-electron chi connectivity index (χ0n) is 25.6. The van der Waals surface area contributed by atoms with Crippen LogP contribution in [-0.2, 0) is 23.7 Å². The van der Waals surface area contributed by atoms with Crippen molar-refractivity contribution in [2.75, 3.05) is 39.7 Å². The van der Waals surface area contributed by atoms with Gasteiger partial charge in [0.1, 0.15) is 16.8 Å². The van der Waals surface area contributed by atoms with E-state index in [4.69, 9.17) is 18.9 Å². The molecule has 6 aliphatic rings. The maximum Gasteiger partial charge on any atom is 0.340 e. The molecular formula is C32H45BrN2O8. The number of piperidine rings is 1. The van der Waals surface area contributed by atoms with E-state index in [2.05, 4.69) is 17.1 Å². The summed E-state index contributed by atoms with van der Waals surface area (Å²) in [6.45, 7) is 4.79. The van der Waals surface area contributed by atoms with Gasteiger partial charge >= 0.3 is 5.97 Å². The summed E-state index contributed by atoms with van der Waals surface area (Å²) in [6.07, 6.45) is 1.91. The summed E-state index contributed by atoms with van der Waals surface area (Å²) < 4.78 is 25.1. The van der Waals surface area contributed by atoms with Gasteiger partial charge < -0.3 is 34.5 Å². The molecule has 7 bridgehead atoms. The topological polar surface area (TPSA) is 127 Å². The third-order valence-corrected chi connectivity index (χ3v) is 12.6. The van der Waals surface area contributed by atoms with E-state index in [1.807, 2.05) is 0 Å². The number of fused-ring (bicyclic) bond motifs is 2. The summed E-state index contributed by atoms with van der Waals surface area (Å²) in [5, 5.41) is 28.4. The lowest BCUT2D eigenvalue weighted by Gasteiger charge is -2.70. The number of aliphatic hydroxyl groups is 2. The molecule has 1 spiro atoms. The van der Waals surface area contributed by atoms with Gasteiger partial charge in [-0.15, -0.1) is 17.0 Å². The SMILES string of the molecule is Br.CCN1C[C@@]2(OC(=O)c3ccccc3NC(C)=O)CC[C@H](OC)[C@]34[C@@H]1[C@H](C[C@H]23)[C@@]1(O)C[C@H](OC)[C@H]2C[C@@H]4[C@@]1(O)[C@H]2OC. The maximum absolute atomic E-state index is 14.0. The molecule has 6 fully saturated rings. The second-order valence-corrected chi connectivity index (χ2v) is 13.7. The van der Waals surface area contributed by atoms with E-state index in [0.717, 1.165) is 0 Å². The first kappa shape index (κ1) is 31.4. The fraction of sp³-hybridized carbons (Fsp3) is 0.750. The summed E-state index contributed by atoms with van der Waals surface area (Å²) >= 11 is 0. The average Bonchev–Trinajstić information content (AvgIpc) is 3.39. The summed E-state index contributed by atoms with van der Waals surface area (Å²) in [5.74, 6) is -1.54. The van der Waals surface area contributed by atoms with Gasteiger partial charge in [0, 0.05) is 76.3 Å². The molecule has 1 aliphatic heterocycles. The number of anilines is 1. The molecule has 1 aromatic rings. The predicted molar refractivity (Wildman–Crippen MR) is 162 cm³/mol. The quantitative estimate of drug-likeness (QED) is 0.377. The molecule has 3 N–H and O–H groups in total. The average molecular weight is 666 g/mol. The molecule has 11 heteroatoms. The van der Waals surface area contributed by atoms with E-state index in [0.29, 0.717) is 56.4 Å². The number of hydrogen-bond acceptors (Lipinski definition) is 9. The summed E-state index contributed by atoms with van der Waals surface area (Å²) in [6, 6.07) is 6.89. The number of esters is 1. The highest BCUT2D eigenvalue weighted by Crippen LogP contribution is 2.79. The van der Waals surface area contributed by atoms with Crippen LogP contribution in [0.25, 0.3) is 0 Å². The third kappa shape index (κ3) is 3.67. The van der Waals surface area contributed by atoms with Crippen LogP contribution in [0.3, 0.4) is 0 Å². The Hall–Kier alpha value is -1.60. The van der Waals surface area contributed by atoms with Crippen molar-refractivity contribution in [2.45, 2.75) is 87.1 Å². The number of halogens is 1. The molecule has 7 rings (SSSR count). The van der Waals surface area contributed by atoms with Gasteiger partial charge in [0.05, 0.1) is 29.6 Å². The molecule has 5 saturated carbocycles. The molecule has 0 unspecified atom stereocenters. The Morgan fingerprint density at radius 1 is 1.07 bits per heavy atom. The number of amides is 1. The molecule has 12 atom stereocenters. The molecule has 1 aromatic carbocycles. The number of likely N-dealkylation sites (N-methyl/N-ethyl adjacent to an activating group) is 1. The third-order valence-electron chi connectivity index (χ3n) is 12.6. The monoisotopic (exact) mass is 664 g/mol. The molecule has 1 heterocycles. The van der Waals surface area contributed by atoms with Crippen LogP contribution in [0, 0.1) is 29.1 Å². The first-order valence-electron chi connectivity index (χ1n) is 15.4. The zero-order chi connectivity index (χ0) is 29.8. The van der Waals surface area contributed by atoms with Crippen LogP contribution in [0.2, 0.25) is 0 Å². The lowest BCUT2D eigenvalue weighted by Crippen LogP contribution is -2.83. The van der Waals surface area contributed by atoms with Crippen LogP contribution < -0.4 is 5.32 Å². The molecule has 0 aromatic heterocycles. The van der Waals surface area contributed by atoms with Crippen molar-refractivity contribution in [3.05, 3.63) is 29.8 Å². The fourth-order valence-corrected chi connectivity index (χ4v) is 11.6. The zero-order valence-corrected chi connectivity index (χ0v) is 27.3. The Labute approximate surface area is 263 Å². The molecule has 5 aliphatic carbocycles. The van der Waals surface area contributed by atoms with Crippen LogP contribution in [0.1, 0.15) is 56.3 Å². The van der Waals surface area contributed by atoms with Crippen molar-refractivity contribution < 1.29 is 38.7 Å². The predicted octanol–water partition coefficient (Wildman–Crippen LogP) is 2.80. The molecule has 43 heavy (non-hydrogen) atoms. The number of ether oxygens (including phenoxy) is 4. The highest BCUT2D eigenvalue weighted by molar-refractivity contribution is 8.93. The number of likely N-dealkylation sites (tertiary alicyclic amines) is 1. The number of rotatable bonds is 7. The molecule has 1 amide bonds. The Morgan fingerprint density at radius 3 is 2.47 bits per heavy atom. The number of para-hydroxylation sites is 1. The van der Waals surface area contributed by atoms with E-state index in [-0.39, 0.29) is 64.8 Å². The molecule has 238 valence electrons. The second kappa shape index (κ2) is 10.5. The minimum absolute atomic E-state index is 0. The van der Waals surface area contributed by atoms with Gasteiger partial charge in [-0.3, -0.25) is 9.69 Å². The van der Waals surface area contributed by atoms with Crippen molar-refractivity contribution in [1.29, 1.82) is 0 Å². The van der Waals surface area contributed by atoms with Gasteiger partial charge in [-0.2, -0.15) is 0 Å². The fourth-order valence-electron chi connectivity index (χ4n) is 11.6. The summed E-state index contributed by atoms with van der Waals surface area (Å²) in [5.41, 5.74) is -3.57. The number of carbonyl (C=O) groups excluding carboxylic acids is 2. The van der Waals surface area contributed by atoms with E-state index >= 15 is 0 Å². The first-order valence-corrected chi connectivity index (χ1v) is 15.4. The van der Waals surface area contributed by atoms with Crippen molar-refractivity contribution in [3.8, 4) is 0 Å². The van der Waals surface area contributed by atoms with Crippen LogP contribution in [0.4, 0.5) is 5.69 Å². The van der Waals surface area contributed by atoms with E-state index in [9.17, 15) is 19.8 Å². The van der Waals surface area contributed by atoms with Crippen LogP contribution in [0.15, 0.2) is 24.3 Å². The number of benzene rings is 1. The second-order valence-electron chi connectivity index (χ2n) is 13.7. The van der Waals surface area contributed by atoms with E-state index in [1.165, 1.54) is 6.92 Å². The number of hydrogen-bond donors (Lipinski definition) is 3. The Bertz CT molecular complexity index is 1300. The van der Waals surface area contributed by atoms with Gasteiger partial charge in [0.15, 0.2) is 0 Å². The minimum Gasteiger partial charge on any atom is -0.454 e. The normalized spacial score (nSPS) is 47.0. The highest BCUT2D eigenvalue weighted by atomic mass is 79.9. The van der Waals surface area contributed by atoms with Gasteiger partial charge in [0.25, 0.3) is 0 Å². The smallest absolute Gasteiger partial charge is 0.340 e. The number of methoxy groups -OCH3 is 3. The van der Waals surface area contributed by atoms with E-state index in [1.54, 1.807) is 45.6 Å². The number of nitrogens with zero attached hydrogens (tertiary/aromatic N) is 1. The molecular weight excluding hydrogens is 620 g/mol. The van der Waals surface area contributed by atoms with Crippen LogP contribution in [-0.4, -0.2) is 103 Å². The Balaban J connectivity index is 0.00000329. The first-order chi connectivity index (χ1) is 20.1. The largest absolute Gasteiger partial charge is 0.454 e. The van der Waals surface area contributed by atoms with Crippen LogP contribution >= 0.6 is 17.0 Å². The van der Waals surface area contributed by atoms with Crippen molar-refractivity contribution in [3.63, 3.8) is 0 Å². The van der Waals surface area contributed by atoms with Gasteiger partial charge in [-0.05, 0) is 44.4 Å². The minimum atomic E-state index is -1.48. The highest BCUT2D eigenvalue weighted by Gasteiger charge is 2.89. The van der Waals surface area contributed by atoms with Crippen molar-refractivity contribution >= 4 is 34.5 Å². The van der Waals surface area contributed by atoms with Gasteiger partial charge in [0.2, 0.25) is 5.91 Å². The van der Waals surface area contributed by atoms with Crippen molar-refractivity contribution in [2.24, 2.45) is 29.1 Å². The van der Waals surface area contributed by atoms with Crippen molar-refractivity contribution in [1.82, 2.24) is 4.90 Å². The number of carbonyl (C=O) groups is 2. The standard InChI is InChI=1S/C32H44N2O8.BrH/c1-6-34-16-29(42-28(36)18-9-7-8-10-21(18)33-17(2)35)12-11-25(40-4)31-23(29)14-20(26(31)34)30(37)15-22(39-3)19-13-24(31)32(30,38)27(19)41-5;/h7-10,19-20,22-27,37-38H,6,11-16H2,1-5H3,(H,33,35);1H/t19-,20+,22+,23-,24+,25+,26+,27+,29+,30+,31+,32-;/m1./s1. The number of nitrogens with one attached hydrogen (secondary N) is 1. The lowest BCUT2D eigenvalue weighted by atomic mass is 9.44. The van der Waals surface area contributed by atoms with Gasteiger partial charge in [-0.1, -0.05) is 19.1 Å². The lowest BCUT2D eigenvalue weighted by molar-refractivity contribution is -0.337. The van der Waals surface area contributed by atoms with E-state index < -0.39 is 34.3 Å². The molecule has 0 radical (unpaired) electrons. The van der Waals surface area contributed by atoms with Crippen LogP contribution in [0.5, 0.6) is 0 Å². The Kier molecular flexibility index (Phi) is 7.64. The molecule has 1 saturated heterocycles. The van der Waals surface area contributed by atoms with Gasteiger partial charge in [-0.25, -0.2) is 4.79 Å². The summed E-state index contributed by atoms with van der Waals surface area (Å²) in [7, 11) is 5.05. The summed E-state index contributed by atoms with van der Waals surface area (Å²) in [4.78, 5) is 28.3. The maximum atomic E-state index is 14.0. The Morgan fingerprint density at radius 2 is 1.81 bits per heavy atom.